The summed E-state index contributed by atoms with van der Waals surface area (Å²) in [4.78, 5) is 14.0. The van der Waals surface area contributed by atoms with Gasteiger partial charge in [0.1, 0.15) is 22.2 Å². The highest BCUT2D eigenvalue weighted by Gasteiger charge is 2.41. The quantitative estimate of drug-likeness (QED) is 0.445. The number of rotatable bonds is 2. The molecule has 0 N–H and O–H groups in total. The third kappa shape index (κ3) is 1.55. The van der Waals surface area contributed by atoms with E-state index >= 15 is 0 Å². The van der Waals surface area contributed by atoms with Gasteiger partial charge in [-0.2, -0.15) is 4.99 Å². The number of aliphatic imine (C=N–C) groups is 1. The van der Waals surface area contributed by atoms with Crippen LogP contribution in [0.3, 0.4) is 0 Å². The zero-order chi connectivity index (χ0) is 11.8. The molecule has 0 aromatic heterocycles. The van der Waals surface area contributed by atoms with Crippen molar-refractivity contribution in [2.45, 2.75) is 24.8 Å². The lowest BCUT2D eigenvalue weighted by Gasteiger charge is -2.37. The fourth-order valence-electron chi connectivity index (χ4n) is 1.93. The summed E-state index contributed by atoms with van der Waals surface area (Å²) in [6.45, 7) is 0. The monoisotopic (exact) mass is 243 g/mol. The molecule has 2 nitrogen and oxygen atoms in total. The van der Waals surface area contributed by atoms with E-state index in [1.54, 1.807) is 0 Å². The van der Waals surface area contributed by atoms with E-state index in [4.69, 9.17) is 11.6 Å². The molecule has 1 saturated carbocycles. The SMILES string of the molecule is O=C=NC1(c2ccc(F)c(Cl)c2F)CCC1. The van der Waals surface area contributed by atoms with Crippen molar-refractivity contribution >= 4 is 17.7 Å². The number of halogens is 3. The molecule has 0 radical (unpaired) electrons. The largest absolute Gasteiger partial charge is 0.235 e. The van der Waals surface area contributed by atoms with E-state index in [1.807, 2.05) is 0 Å². The number of carbonyl (C=O) groups excluding carboxylic acids is 1. The van der Waals surface area contributed by atoms with Gasteiger partial charge in [0, 0.05) is 5.56 Å². The lowest BCUT2D eigenvalue weighted by atomic mass is 9.72. The van der Waals surface area contributed by atoms with Crippen molar-refractivity contribution in [3.8, 4) is 0 Å². The average molecular weight is 244 g/mol. The second-order valence-electron chi connectivity index (χ2n) is 3.81. The van der Waals surface area contributed by atoms with Crippen LogP contribution in [0.5, 0.6) is 0 Å². The Kier molecular flexibility index (Phi) is 2.78. The Morgan fingerprint density at radius 1 is 1.38 bits per heavy atom. The van der Waals surface area contributed by atoms with Crippen molar-refractivity contribution in [3.05, 3.63) is 34.4 Å². The van der Waals surface area contributed by atoms with E-state index in [2.05, 4.69) is 4.99 Å². The van der Waals surface area contributed by atoms with E-state index in [-0.39, 0.29) is 5.56 Å². The normalized spacial score (nSPS) is 17.4. The van der Waals surface area contributed by atoms with Crippen molar-refractivity contribution < 1.29 is 13.6 Å². The van der Waals surface area contributed by atoms with Gasteiger partial charge in [0.05, 0.1) is 0 Å². The molecule has 0 bridgehead atoms. The van der Waals surface area contributed by atoms with Gasteiger partial charge < -0.3 is 0 Å². The van der Waals surface area contributed by atoms with Gasteiger partial charge in [0.25, 0.3) is 0 Å². The van der Waals surface area contributed by atoms with Gasteiger partial charge in [0.15, 0.2) is 0 Å². The van der Waals surface area contributed by atoms with Gasteiger partial charge >= 0.3 is 0 Å². The first-order valence-corrected chi connectivity index (χ1v) is 5.21. The standard InChI is InChI=1S/C11H8ClF2NO/c12-9-8(13)3-2-7(10(9)14)11(15-6-16)4-1-5-11/h2-3H,1,4-5H2. The minimum atomic E-state index is -0.886. The average Bonchev–Trinajstić information content (AvgIpc) is 2.21. The zero-order valence-electron chi connectivity index (χ0n) is 8.27. The fourth-order valence-corrected chi connectivity index (χ4v) is 2.09. The number of hydrogen-bond acceptors (Lipinski definition) is 2. The molecule has 0 unspecified atom stereocenters. The number of benzene rings is 1. The van der Waals surface area contributed by atoms with Gasteiger partial charge in [0.2, 0.25) is 6.08 Å². The molecular formula is C11H8ClF2NO. The van der Waals surface area contributed by atoms with E-state index in [0.717, 1.165) is 12.5 Å². The minimum Gasteiger partial charge on any atom is -0.211 e. The summed E-state index contributed by atoms with van der Waals surface area (Å²) in [5.74, 6) is -1.65. The Bertz CT molecular complexity index is 479. The number of nitrogens with zero attached hydrogens (tertiary/aromatic N) is 1. The van der Waals surface area contributed by atoms with Gasteiger partial charge in [-0.05, 0) is 25.3 Å². The molecule has 0 aliphatic heterocycles. The highest BCUT2D eigenvalue weighted by molar-refractivity contribution is 6.31. The number of hydrogen-bond donors (Lipinski definition) is 0. The molecule has 2 rings (SSSR count). The second kappa shape index (κ2) is 3.96. The van der Waals surface area contributed by atoms with Crippen LogP contribution in [-0.2, 0) is 10.3 Å². The van der Waals surface area contributed by atoms with E-state index < -0.39 is 22.2 Å². The maximum atomic E-state index is 13.7. The van der Waals surface area contributed by atoms with Gasteiger partial charge in [-0.1, -0.05) is 17.7 Å². The van der Waals surface area contributed by atoms with Crippen LogP contribution in [0.2, 0.25) is 5.02 Å². The van der Waals surface area contributed by atoms with Crippen molar-refractivity contribution in [3.63, 3.8) is 0 Å². The van der Waals surface area contributed by atoms with Crippen LogP contribution in [-0.4, -0.2) is 6.08 Å². The molecule has 1 fully saturated rings. The van der Waals surface area contributed by atoms with Crippen LogP contribution in [0.4, 0.5) is 8.78 Å². The lowest BCUT2D eigenvalue weighted by molar-refractivity contribution is 0.247. The molecule has 1 aromatic rings. The first-order valence-electron chi connectivity index (χ1n) is 4.84. The molecule has 1 aliphatic rings. The van der Waals surface area contributed by atoms with Crippen LogP contribution in [0, 0.1) is 11.6 Å². The van der Waals surface area contributed by atoms with E-state index in [0.29, 0.717) is 12.8 Å². The zero-order valence-corrected chi connectivity index (χ0v) is 9.02. The van der Waals surface area contributed by atoms with Crippen LogP contribution >= 0.6 is 11.6 Å². The maximum Gasteiger partial charge on any atom is 0.235 e. The second-order valence-corrected chi connectivity index (χ2v) is 4.19. The Morgan fingerprint density at radius 2 is 2.06 bits per heavy atom. The van der Waals surface area contributed by atoms with Crippen LogP contribution < -0.4 is 0 Å². The predicted octanol–water partition coefficient (Wildman–Crippen LogP) is 3.33. The molecule has 0 saturated heterocycles. The topological polar surface area (TPSA) is 29.4 Å². The Morgan fingerprint density at radius 3 is 2.56 bits per heavy atom. The molecule has 0 atom stereocenters. The third-order valence-electron chi connectivity index (χ3n) is 2.98. The van der Waals surface area contributed by atoms with Gasteiger partial charge in [-0.25, -0.2) is 13.6 Å². The predicted molar refractivity (Wildman–Crippen MR) is 55.0 cm³/mol. The van der Waals surface area contributed by atoms with E-state index in [9.17, 15) is 13.6 Å². The lowest BCUT2D eigenvalue weighted by Crippen LogP contribution is -2.33. The summed E-state index contributed by atoms with van der Waals surface area (Å²) in [7, 11) is 0. The molecule has 5 heteroatoms. The Labute approximate surface area is 95.9 Å². The molecule has 1 aliphatic carbocycles. The van der Waals surface area contributed by atoms with E-state index in [1.165, 1.54) is 12.1 Å². The first-order chi connectivity index (χ1) is 7.60. The first kappa shape index (κ1) is 11.2. The molecular weight excluding hydrogens is 236 g/mol. The summed E-state index contributed by atoms with van der Waals surface area (Å²) in [6.07, 6.45) is 3.40. The number of isocyanates is 1. The summed E-state index contributed by atoms with van der Waals surface area (Å²) in [5, 5.41) is -0.551. The molecule has 0 spiro atoms. The van der Waals surface area contributed by atoms with Crippen LogP contribution in [0.15, 0.2) is 17.1 Å². The smallest absolute Gasteiger partial charge is 0.211 e. The summed E-state index contributed by atoms with van der Waals surface area (Å²) < 4.78 is 26.7. The summed E-state index contributed by atoms with van der Waals surface area (Å²) in [6, 6.07) is 2.37. The fraction of sp³-hybridized carbons (Fsp3) is 0.364. The highest BCUT2D eigenvalue weighted by atomic mass is 35.5. The third-order valence-corrected chi connectivity index (χ3v) is 3.32. The van der Waals surface area contributed by atoms with Crippen molar-refractivity contribution in [1.29, 1.82) is 0 Å². The van der Waals surface area contributed by atoms with Crippen molar-refractivity contribution in [1.82, 2.24) is 0 Å². The van der Waals surface area contributed by atoms with Crippen molar-refractivity contribution in [2.24, 2.45) is 4.99 Å². The highest BCUT2D eigenvalue weighted by Crippen LogP contribution is 2.46. The molecule has 0 heterocycles. The minimum absolute atomic E-state index is 0.175. The molecule has 1 aromatic carbocycles. The molecule has 16 heavy (non-hydrogen) atoms. The Hall–Kier alpha value is -1.25. The summed E-state index contributed by atoms with van der Waals surface area (Å²) in [5.41, 5.74) is -0.711. The molecule has 0 amide bonds. The van der Waals surface area contributed by atoms with Crippen LogP contribution in [0.1, 0.15) is 24.8 Å². The maximum absolute atomic E-state index is 13.7. The molecule has 84 valence electrons. The van der Waals surface area contributed by atoms with Crippen LogP contribution in [0.25, 0.3) is 0 Å². The van der Waals surface area contributed by atoms with Crippen molar-refractivity contribution in [2.75, 3.05) is 0 Å². The van der Waals surface area contributed by atoms with Gasteiger partial charge in [-0.15, -0.1) is 0 Å². The Balaban J connectivity index is 2.55. The summed E-state index contributed by atoms with van der Waals surface area (Å²) >= 11 is 5.48. The van der Waals surface area contributed by atoms with Gasteiger partial charge in [-0.3, -0.25) is 0 Å².